The van der Waals surface area contributed by atoms with E-state index in [1.807, 2.05) is 0 Å². The fourth-order valence-corrected chi connectivity index (χ4v) is 3.52. The van der Waals surface area contributed by atoms with Crippen LogP contribution in [-0.2, 0) is 11.3 Å². The molecule has 28 heavy (non-hydrogen) atoms. The Balaban J connectivity index is 1.82. The lowest BCUT2D eigenvalue weighted by Crippen LogP contribution is -2.29. The van der Waals surface area contributed by atoms with Crippen molar-refractivity contribution < 1.29 is 9.53 Å². The number of aromatic nitrogens is 4. The van der Waals surface area contributed by atoms with Gasteiger partial charge in [0.2, 0.25) is 5.91 Å². The maximum atomic E-state index is 12.6. The van der Waals surface area contributed by atoms with Crippen molar-refractivity contribution in [3.8, 4) is 5.75 Å². The summed E-state index contributed by atoms with van der Waals surface area (Å²) >= 11 is 7.51. The zero-order chi connectivity index (χ0) is 20.5. The van der Waals surface area contributed by atoms with Crippen molar-refractivity contribution in [2.24, 2.45) is 0 Å². The van der Waals surface area contributed by atoms with Crippen LogP contribution in [0.3, 0.4) is 0 Å². The zero-order valence-electron chi connectivity index (χ0n) is 15.9. The lowest BCUT2D eigenvalue weighted by Gasteiger charge is -2.16. The van der Waals surface area contributed by atoms with Crippen molar-refractivity contribution in [1.82, 2.24) is 19.4 Å². The second kappa shape index (κ2) is 7.84. The third kappa shape index (κ3) is 4.66. The van der Waals surface area contributed by atoms with E-state index in [1.165, 1.54) is 11.6 Å². The molecule has 0 atom stereocenters. The second-order valence-corrected chi connectivity index (χ2v) is 9.27. The van der Waals surface area contributed by atoms with Crippen LogP contribution in [0.4, 0.5) is 5.69 Å². The largest absolute Gasteiger partial charge is 0.495 e. The van der Waals surface area contributed by atoms with Crippen molar-refractivity contribution in [1.29, 1.82) is 0 Å². The first-order valence-electron chi connectivity index (χ1n) is 8.45. The minimum absolute atomic E-state index is 0.0455. The minimum atomic E-state index is -0.487. The van der Waals surface area contributed by atoms with Crippen molar-refractivity contribution in [3.05, 3.63) is 45.8 Å². The van der Waals surface area contributed by atoms with Crippen LogP contribution in [0.5, 0.6) is 5.75 Å². The molecule has 1 N–H and O–H groups in total. The molecule has 0 fully saturated rings. The van der Waals surface area contributed by atoms with Crippen LogP contribution in [0.15, 0.2) is 40.2 Å². The normalized spacial score (nSPS) is 11.6. The first-order valence-corrected chi connectivity index (χ1v) is 9.65. The summed E-state index contributed by atoms with van der Waals surface area (Å²) in [6.07, 6.45) is 0. The first-order chi connectivity index (χ1) is 13.2. The number of benzene rings is 1. The Morgan fingerprint density at radius 1 is 1.25 bits per heavy atom. The van der Waals surface area contributed by atoms with Gasteiger partial charge in [0.1, 0.15) is 17.3 Å². The van der Waals surface area contributed by atoms with Crippen LogP contribution < -0.4 is 15.7 Å². The highest BCUT2D eigenvalue weighted by Crippen LogP contribution is 2.30. The molecule has 0 radical (unpaired) electrons. The monoisotopic (exact) mass is 421 g/mol. The molecule has 1 aromatic carbocycles. The number of carbonyl (C=O) groups excluding carboxylic acids is 1. The van der Waals surface area contributed by atoms with Gasteiger partial charge in [-0.3, -0.25) is 4.79 Å². The number of halogens is 1. The molecule has 8 nitrogen and oxygen atoms in total. The highest BCUT2D eigenvalue weighted by molar-refractivity contribution is 8.00. The Morgan fingerprint density at radius 2 is 2.00 bits per heavy atom. The molecule has 0 aliphatic rings. The number of hydrogen-bond acceptors (Lipinski definition) is 6. The van der Waals surface area contributed by atoms with E-state index in [-0.39, 0.29) is 11.3 Å². The molecule has 0 saturated carbocycles. The molecule has 0 spiro atoms. The van der Waals surface area contributed by atoms with Crippen molar-refractivity contribution >= 4 is 40.6 Å². The van der Waals surface area contributed by atoms with Gasteiger partial charge in [-0.2, -0.15) is 9.61 Å². The Bertz CT molecular complexity index is 1090. The summed E-state index contributed by atoms with van der Waals surface area (Å²) < 4.78 is 7.42. The van der Waals surface area contributed by atoms with Crippen LogP contribution in [0.1, 0.15) is 20.8 Å². The van der Waals surface area contributed by atoms with Gasteiger partial charge in [0.15, 0.2) is 5.65 Å². The minimum Gasteiger partial charge on any atom is -0.495 e. The highest BCUT2D eigenvalue weighted by Gasteiger charge is 2.17. The molecule has 10 heteroatoms. The Kier molecular flexibility index (Phi) is 5.66. The van der Waals surface area contributed by atoms with E-state index in [9.17, 15) is 9.59 Å². The smallest absolute Gasteiger partial charge is 0.367 e. The first kappa shape index (κ1) is 20.2. The van der Waals surface area contributed by atoms with Crippen molar-refractivity contribution in [2.75, 3.05) is 12.4 Å². The van der Waals surface area contributed by atoms with Gasteiger partial charge in [-0.05, 0) is 30.3 Å². The number of hydrogen-bond donors (Lipinski definition) is 1. The standard InChI is InChI=1S/C18H20ClN5O3S/c1-18(2,3)28-16-8-7-14-21-23(17(26)24(14)22-16)10-15(25)20-12-9-11(19)5-6-13(12)27-4/h5-9H,10H2,1-4H3,(H,20,25). The maximum Gasteiger partial charge on any atom is 0.367 e. The number of thioether (sulfide) groups is 1. The van der Waals surface area contributed by atoms with Gasteiger partial charge in [-0.1, -0.05) is 44.1 Å². The fourth-order valence-electron chi connectivity index (χ4n) is 2.47. The molecule has 0 aliphatic heterocycles. The molecule has 2 heterocycles. The SMILES string of the molecule is COc1ccc(Cl)cc1NC(=O)Cn1nc2ccc(SC(C)(C)C)nn2c1=O. The summed E-state index contributed by atoms with van der Waals surface area (Å²) in [6.45, 7) is 5.91. The number of rotatable bonds is 5. The molecule has 0 aliphatic carbocycles. The van der Waals surface area contributed by atoms with E-state index >= 15 is 0 Å². The second-order valence-electron chi connectivity index (χ2n) is 6.99. The van der Waals surface area contributed by atoms with Crippen molar-refractivity contribution in [2.45, 2.75) is 37.1 Å². The third-order valence-corrected chi connectivity index (χ3v) is 4.83. The van der Waals surface area contributed by atoms with Crippen LogP contribution in [0, 0.1) is 0 Å². The van der Waals surface area contributed by atoms with Crippen LogP contribution in [0.2, 0.25) is 5.02 Å². The molecule has 0 unspecified atom stereocenters. The summed E-state index contributed by atoms with van der Waals surface area (Å²) in [4.78, 5) is 25.0. The number of methoxy groups -OCH3 is 1. The van der Waals surface area contributed by atoms with Crippen LogP contribution in [0.25, 0.3) is 5.65 Å². The van der Waals surface area contributed by atoms with E-state index in [4.69, 9.17) is 16.3 Å². The lowest BCUT2D eigenvalue weighted by atomic mass is 10.3. The molecule has 0 bridgehead atoms. The van der Waals surface area contributed by atoms with Crippen LogP contribution >= 0.6 is 23.4 Å². The number of fused-ring (bicyclic) bond motifs is 1. The van der Waals surface area contributed by atoms with Gasteiger partial charge >= 0.3 is 5.69 Å². The van der Waals surface area contributed by atoms with Gasteiger partial charge in [-0.25, -0.2) is 9.48 Å². The fraction of sp³-hybridized carbons (Fsp3) is 0.333. The summed E-state index contributed by atoms with van der Waals surface area (Å²) in [7, 11) is 1.49. The van der Waals surface area contributed by atoms with E-state index in [0.717, 1.165) is 4.68 Å². The van der Waals surface area contributed by atoms with Gasteiger partial charge in [0.05, 0.1) is 12.8 Å². The average molecular weight is 422 g/mol. The van der Waals surface area contributed by atoms with E-state index in [1.54, 1.807) is 42.1 Å². The molecule has 1 amide bonds. The topological polar surface area (TPSA) is 90.5 Å². The number of carbonyl (C=O) groups is 1. The van der Waals surface area contributed by atoms with Crippen LogP contribution in [-0.4, -0.2) is 37.2 Å². The number of nitrogens with one attached hydrogen (secondary N) is 1. The van der Waals surface area contributed by atoms with Gasteiger partial charge < -0.3 is 10.1 Å². The summed E-state index contributed by atoms with van der Waals surface area (Å²) in [5, 5.41) is 12.3. The Morgan fingerprint density at radius 3 is 2.68 bits per heavy atom. The highest BCUT2D eigenvalue weighted by atomic mass is 35.5. The van der Waals surface area contributed by atoms with E-state index in [0.29, 0.717) is 27.1 Å². The van der Waals surface area contributed by atoms with Gasteiger partial charge in [0.25, 0.3) is 0 Å². The lowest BCUT2D eigenvalue weighted by molar-refractivity contribution is -0.117. The Hall–Kier alpha value is -2.52. The van der Waals surface area contributed by atoms with E-state index < -0.39 is 11.6 Å². The number of anilines is 1. The molecule has 3 rings (SSSR count). The quantitative estimate of drug-likeness (QED) is 0.636. The zero-order valence-corrected chi connectivity index (χ0v) is 17.5. The predicted molar refractivity (Wildman–Crippen MR) is 109 cm³/mol. The molecule has 3 aromatic rings. The molecule has 2 aromatic heterocycles. The number of nitrogens with zero attached hydrogens (tertiary/aromatic N) is 4. The number of ether oxygens (including phenoxy) is 1. The maximum absolute atomic E-state index is 12.6. The summed E-state index contributed by atoms with van der Waals surface area (Å²) in [5.74, 6) is 0.0287. The molecular formula is C18H20ClN5O3S. The van der Waals surface area contributed by atoms with Crippen molar-refractivity contribution in [3.63, 3.8) is 0 Å². The molecular weight excluding hydrogens is 402 g/mol. The van der Waals surface area contributed by atoms with Gasteiger partial charge in [-0.15, -0.1) is 5.10 Å². The molecule has 0 saturated heterocycles. The van der Waals surface area contributed by atoms with E-state index in [2.05, 4.69) is 36.3 Å². The number of amides is 1. The van der Waals surface area contributed by atoms with Gasteiger partial charge in [0, 0.05) is 9.77 Å². The Labute approximate surface area is 170 Å². The molecule has 148 valence electrons. The summed E-state index contributed by atoms with van der Waals surface area (Å²) in [5.41, 5.74) is 0.301. The average Bonchev–Trinajstić information content (AvgIpc) is 2.89. The summed E-state index contributed by atoms with van der Waals surface area (Å²) in [6, 6.07) is 8.38. The predicted octanol–water partition coefficient (Wildman–Crippen LogP) is 3.08. The third-order valence-electron chi connectivity index (χ3n) is 3.56.